The molecule has 7 nitrogen and oxygen atoms in total. The van der Waals surface area contributed by atoms with E-state index in [0.29, 0.717) is 36.5 Å². The number of hydrogen-bond acceptors (Lipinski definition) is 6. The van der Waals surface area contributed by atoms with Crippen molar-refractivity contribution >= 4 is 58.9 Å². The fraction of sp³-hybridized carbons (Fsp3) is 0.240. The van der Waals surface area contributed by atoms with Crippen LogP contribution in [0.25, 0.3) is 10.2 Å². The lowest BCUT2D eigenvalue weighted by atomic mass is 9.99. The first-order valence-electron chi connectivity index (χ1n) is 11.4. The van der Waals surface area contributed by atoms with Gasteiger partial charge in [-0.1, -0.05) is 29.8 Å². The van der Waals surface area contributed by atoms with Gasteiger partial charge in [0.1, 0.15) is 0 Å². The minimum Gasteiger partial charge on any atom is -0.280 e. The van der Waals surface area contributed by atoms with Gasteiger partial charge in [-0.2, -0.15) is 4.31 Å². The zero-order valence-corrected chi connectivity index (χ0v) is 22.6. The number of anilines is 1. The highest BCUT2D eigenvalue weighted by Gasteiger charge is 2.31. The molecule has 0 aliphatic carbocycles. The fourth-order valence-corrected chi connectivity index (χ4v) is 8.50. The van der Waals surface area contributed by atoms with Crippen LogP contribution in [0.15, 0.2) is 76.5 Å². The van der Waals surface area contributed by atoms with Gasteiger partial charge in [0.15, 0.2) is 0 Å². The number of nitrogens with one attached hydrogen (secondary N) is 1. The molecular weight excluding hydrogens is 538 g/mol. The van der Waals surface area contributed by atoms with E-state index >= 15 is 0 Å². The second kappa shape index (κ2) is 9.75. The summed E-state index contributed by atoms with van der Waals surface area (Å²) in [7, 11) is -7.57. The Balaban J connectivity index is 1.27. The van der Waals surface area contributed by atoms with Gasteiger partial charge >= 0.3 is 0 Å². The fourth-order valence-electron chi connectivity index (χ4n) is 4.34. The maximum atomic E-state index is 13.2. The van der Waals surface area contributed by atoms with Crippen LogP contribution in [0.1, 0.15) is 29.3 Å². The Hall–Kier alpha value is -2.50. The van der Waals surface area contributed by atoms with E-state index in [1.54, 1.807) is 30.4 Å². The molecule has 0 radical (unpaired) electrons. The number of para-hydroxylation sites is 1. The molecule has 5 rings (SSSR count). The van der Waals surface area contributed by atoms with E-state index in [-0.39, 0.29) is 21.4 Å². The molecule has 0 unspecified atom stereocenters. The van der Waals surface area contributed by atoms with E-state index in [4.69, 9.17) is 16.6 Å². The number of halogens is 1. The molecule has 11 heteroatoms. The Morgan fingerprint density at radius 1 is 0.944 bits per heavy atom. The van der Waals surface area contributed by atoms with Crippen molar-refractivity contribution in [3.05, 3.63) is 82.3 Å². The minimum absolute atomic E-state index is 0.0719. The van der Waals surface area contributed by atoms with Crippen molar-refractivity contribution in [2.75, 3.05) is 17.8 Å². The minimum atomic E-state index is -3.88. The molecule has 1 fully saturated rings. The Kier molecular flexibility index (Phi) is 6.82. The first-order valence-corrected chi connectivity index (χ1v) is 15.5. The molecule has 36 heavy (non-hydrogen) atoms. The Morgan fingerprint density at radius 3 is 2.33 bits per heavy atom. The highest BCUT2D eigenvalue weighted by molar-refractivity contribution is 7.92. The summed E-state index contributed by atoms with van der Waals surface area (Å²) in [5.41, 5.74) is 1.69. The van der Waals surface area contributed by atoms with Crippen molar-refractivity contribution < 1.29 is 16.8 Å². The van der Waals surface area contributed by atoms with Crippen molar-refractivity contribution in [1.29, 1.82) is 0 Å². The molecule has 0 saturated carbocycles. The number of thiazole rings is 1. The summed E-state index contributed by atoms with van der Waals surface area (Å²) in [6.07, 6.45) is 1.41. The number of sulfonamides is 2. The normalized spacial score (nSPS) is 15.8. The number of fused-ring (bicyclic) bond motifs is 1. The molecule has 4 aromatic rings. The lowest BCUT2D eigenvalue weighted by Gasteiger charge is -2.30. The highest BCUT2D eigenvalue weighted by Crippen LogP contribution is 2.35. The summed E-state index contributed by atoms with van der Waals surface area (Å²) in [6.45, 7) is 2.45. The predicted octanol–water partition coefficient (Wildman–Crippen LogP) is 5.63. The summed E-state index contributed by atoms with van der Waals surface area (Å²) < 4.78 is 57.2. The lowest BCUT2D eigenvalue weighted by Crippen LogP contribution is -2.37. The van der Waals surface area contributed by atoms with Crippen LogP contribution >= 0.6 is 22.9 Å². The molecular formula is C25H24ClN3O4S3. The van der Waals surface area contributed by atoms with Crippen molar-refractivity contribution in [2.24, 2.45) is 0 Å². The van der Waals surface area contributed by atoms with Gasteiger partial charge in [0.2, 0.25) is 10.0 Å². The van der Waals surface area contributed by atoms with Gasteiger partial charge in [0, 0.05) is 29.7 Å². The SMILES string of the molecule is Cc1c(Cl)cccc1S(=O)(=O)Nc1ccc(S(=O)(=O)N2CCC(c3nc4ccccc4s3)CC2)cc1. The first-order chi connectivity index (χ1) is 17.1. The maximum Gasteiger partial charge on any atom is 0.262 e. The van der Waals surface area contributed by atoms with Crippen LogP contribution in [0, 0.1) is 6.92 Å². The predicted molar refractivity (Wildman–Crippen MR) is 144 cm³/mol. The summed E-state index contributed by atoms with van der Waals surface area (Å²) in [5, 5.41) is 1.41. The van der Waals surface area contributed by atoms with Crippen LogP contribution in [-0.2, 0) is 20.0 Å². The second-order valence-electron chi connectivity index (χ2n) is 8.69. The van der Waals surface area contributed by atoms with Crippen LogP contribution in [0.5, 0.6) is 0 Å². The van der Waals surface area contributed by atoms with E-state index in [9.17, 15) is 16.8 Å². The molecule has 2 heterocycles. The molecule has 3 aromatic carbocycles. The summed E-state index contributed by atoms with van der Waals surface area (Å²) >= 11 is 7.74. The number of nitrogens with zero attached hydrogens (tertiary/aromatic N) is 2. The van der Waals surface area contributed by atoms with Gasteiger partial charge in [-0.3, -0.25) is 4.72 Å². The van der Waals surface area contributed by atoms with Crippen LogP contribution in [0.3, 0.4) is 0 Å². The molecule has 1 aliphatic heterocycles. The molecule has 0 atom stereocenters. The largest absolute Gasteiger partial charge is 0.280 e. The Morgan fingerprint density at radius 2 is 1.64 bits per heavy atom. The van der Waals surface area contributed by atoms with Crippen LogP contribution in [0.2, 0.25) is 5.02 Å². The number of hydrogen-bond donors (Lipinski definition) is 1. The van der Waals surface area contributed by atoms with E-state index in [1.807, 2.05) is 18.2 Å². The topological polar surface area (TPSA) is 96.4 Å². The number of rotatable bonds is 6. The van der Waals surface area contributed by atoms with E-state index in [0.717, 1.165) is 15.2 Å². The van der Waals surface area contributed by atoms with Crippen molar-refractivity contribution in [3.63, 3.8) is 0 Å². The third-order valence-electron chi connectivity index (χ3n) is 6.37. The molecule has 1 saturated heterocycles. The smallest absolute Gasteiger partial charge is 0.262 e. The van der Waals surface area contributed by atoms with Crippen LogP contribution in [0.4, 0.5) is 5.69 Å². The number of aromatic nitrogens is 1. The Bertz CT molecular complexity index is 1590. The zero-order chi connectivity index (χ0) is 25.5. The molecule has 188 valence electrons. The van der Waals surface area contributed by atoms with Crippen molar-refractivity contribution in [3.8, 4) is 0 Å². The lowest BCUT2D eigenvalue weighted by molar-refractivity contribution is 0.319. The molecule has 0 bridgehead atoms. The average Bonchev–Trinajstić information content (AvgIpc) is 3.30. The second-order valence-corrected chi connectivity index (χ2v) is 13.7. The molecule has 1 aliphatic rings. The summed E-state index contributed by atoms with van der Waals surface area (Å²) in [5.74, 6) is 0.237. The number of benzene rings is 3. The van der Waals surface area contributed by atoms with E-state index in [1.165, 1.54) is 34.6 Å². The van der Waals surface area contributed by atoms with Gasteiger partial charge < -0.3 is 0 Å². The van der Waals surface area contributed by atoms with Gasteiger partial charge in [0.25, 0.3) is 10.0 Å². The molecule has 0 spiro atoms. The first kappa shape index (κ1) is 25.2. The van der Waals surface area contributed by atoms with Gasteiger partial charge in [-0.15, -0.1) is 11.3 Å². The maximum absolute atomic E-state index is 13.2. The van der Waals surface area contributed by atoms with Crippen LogP contribution in [-0.4, -0.2) is 39.2 Å². The van der Waals surface area contributed by atoms with Gasteiger partial charge in [0.05, 0.1) is 25.0 Å². The van der Waals surface area contributed by atoms with Gasteiger partial charge in [-0.25, -0.2) is 21.8 Å². The van der Waals surface area contributed by atoms with Crippen molar-refractivity contribution in [2.45, 2.75) is 35.5 Å². The van der Waals surface area contributed by atoms with E-state index in [2.05, 4.69) is 10.8 Å². The summed E-state index contributed by atoms with van der Waals surface area (Å²) in [4.78, 5) is 4.94. The third kappa shape index (κ3) is 4.88. The molecule has 1 N–H and O–H groups in total. The number of piperidine rings is 1. The summed E-state index contributed by atoms with van der Waals surface area (Å²) in [6, 6.07) is 18.4. The average molecular weight is 562 g/mol. The quantitative estimate of drug-likeness (QED) is 0.329. The third-order valence-corrected chi connectivity index (χ3v) is 11.4. The Labute approximate surface area is 219 Å². The molecule has 1 aromatic heterocycles. The molecule has 0 amide bonds. The van der Waals surface area contributed by atoms with Gasteiger partial charge in [-0.05, 0) is 73.9 Å². The van der Waals surface area contributed by atoms with E-state index < -0.39 is 20.0 Å². The standard InChI is InChI=1S/C25H24ClN3O4S3/c1-17-21(26)5-4-8-24(17)35(30,31)28-19-9-11-20(12-10-19)36(32,33)29-15-13-18(14-16-29)25-27-22-6-2-3-7-23(22)34-25/h2-12,18,28H,13-16H2,1H3. The highest BCUT2D eigenvalue weighted by atomic mass is 35.5. The zero-order valence-electron chi connectivity index (χ0n) is 19.4. The monoisotopic (exact) mass is 561 g/mol. The van der Waals surface area contributed by atoms with Crippen LogP contribution < -0.4 is 4.72 Å². The van der Waals surface area contributed by atoms with Crippen molar-refractivity contribution in [1.82, 2.24) is 9.29 Å².